The van der Waals surface area contributed by atoms with Crippen LogP contribution in [0.1, 0.15) is 5.56 Å². The Morgan fingerprint density at radius 3 is 2.40 bits per heavy atom. The molecular formula is C15H12F2N2O. The summed E-state index contributed by atoms with van der Waals surface area (Å²) in [4.78, 5) is 11.7. The first-order valence-electron chi connectivity index (χ1n) is 5.84. The SMILES string of the molecule is Nc1ccc(F)cc1NC(=O)C=Cc1ccc(F)cc1. The number of hydrogen-bond acceptors (Lipinski definition) is 2. The third-order valence-electron chi connectivity index (χ3n) is 2.57. The van der Waals surface area contributed by atoms with Crippen molar-refractivity contribution in [2.75, 3.05) is 11.1 Å². The van der Waals surface area contributed by atoms with Crippen LogP contribution in [0.2, 0.25) is 0 Å². The van der Waals surface area contributed by atoms with Gasteiger partial charge in [-0.15, -0.1) is 0 Å². The molecule has 0 atom stereocenters. The average Bonchev–Trinajstić information content (AvgIpc) is 2.42. The Morgan fingerprint density at radius 1 is 1.05 bits per heavy atom. The van der Waals surface area contributed by atoms with Gasteiger partial charge in [-0.05, 0) is 42.0 Å². The molecule has 2 aromatic rings. The van der Waals surface area contributed by atoms with E-state index in [2.05, 4.69) is 5.32 Å². The smallest absolute Gasteiger partial charge is 0.248 e. The number of benzene rings is 2. The van der Waals surface area contributed by atoms with E-state index in [1.54, 1.807) is 0 Å². The highest BCUT2D eigenvalue weighted by Crippen LogP contribution is 2.19. The van der Waals surface area contributed by atoms with Gasteiger partial charge < -0.3 is 11.1 Å². The molecular weight excluding hydrogens is 262 g/mol. The molecule has 2 rings (SSSR count). The Labute approximate surface area is 114 Å². The molecule has 0 saturated heterocycles. The number of rotatable bonds is 3. The van der Waals surface area contributed by atoms with E-state index < -0.39 is 11.7 Å². The Bertz CT molecular complexity index is 651. The molecule has 0 radical (unpaired) electrons. The number of carbonyl (C=O) groups excluding carboxylic acids is 1. The van der Waals surface area contributed by atoms with Gasteiger partial charge in [0.15, 0.2) is 0 Å². The summed E-state index contributed by atoms with van der Waals surface area (Å²) in [7, 11) is 0. The summed E-state index contributed by atoms with van der Waals surface area (Å²) in [5.74, 6) is -1.29. The highest BCUT2D eigenvalue weighted by Gasteiger charge is 2.03. The number of anilines is 2. The Morgan fingerprint density at radius 2 is 1.70 bits per heavy atom. The lowest BCUT2D eigenvalue weighted by molar-refractivity contribution is -0.111. The van der Waals surface area contributed by atoms with E-state index >= 15 is 0 Å². The van der Waals surface area contributed by atoms with E-state index in [-0.39, 0.29) is 17.2 Å². The van der Waals surface area contributed by atoms with E-state index in [0.717, 1.165) is 6.07 Å². The molecule has 0 saturated carbocycles. The van der Waals surface area contributed by atoms with Gasteiger partial charge in [0.25, 0.3) is 0 Å². The van der Waals surface area contributed by atoms with Crippen molar-refractivity contribution >= 4 is 23.4 Å². The van der Waals surface area contributed by atoms with Gasteiger partial charge in [-0.2, -0.15) is 0 Å². The second-order valence-corrected chi connectivity index (χ2v) is 4.11. The topological polar surface area (TPSA) is 55.1 Å². The number of amides is 1. The van der Waals surface area contributed by atoms with Gasteiger partial charge in [-0.3, -0.25) is 4.79 Å². The van der Waals surface area contributed by atoms with Gasteiger partial charge in [-0.25, -0.2) is 8.78 Å². The standard InChI is InChI=1S/C15H12F2N2O/c16-11-4-1-10(2-5-11)3-8-15(20)19-14-9-12(17)6-7-13(14)18/h1-9H,18H2,(H,19,20). The molecule has 0 fully saturated rings. The van der Waals surface area contributed by atoms with Crippen LogP contribution in [0.25, 0.3) is 6.08 Å². The first kappa shape index (κ1) is 13.7. The van der Waals surface area contributed by atoms with Crippen molar-refractivity contribution in [3.8, 4) is 0 Å². The highest BCUT2D eigenvalue weighted by molar-refractivity contribution is 6.03. The van der Waals surface area contributed by atoms with Crippen LogP contribution in [0.4, 0.5) is 20.2 Å². The number of halogens is 2. The molecule has 5 heteroatoms. The fourth-order valence-electron chi connectivity index (χ4n) is 1.56. The molecule has 0 spiro atoms. The monoisotopic (exact) mass is 274 g/mol. The van der Waals surface area contributed by atoms with Gasteiger partial charge in [0.1, 0.15) is 11.6 Å². The summed E-state index contributed by atoms with van der Waals surface area (Å²) in [6, 6.07) is 9.38. The van der Waals surface area contributed by atoms with Crippen LogP contribution in [0.15, 0.2) is 48.5 Å². The van der Waals surface area contributed by atoms with Gasteiger partial charge in [0.2, 0.25) is 5.91 Å². The number of hydrogen-bond donors (Lipinski definition) is 2. The molecule has 20 heavy (non-hydrogen) atoms. The Balaban J connectivity index is 2.05. The van der Waals surface area contributed by atoms with Crippen LogP contribution in [-0.2, 0) is 4.79 Å². The molecule has 0 aliphatic heterocycles. The normalized spacial score (nSPS) is 10.7. The predicted octanol–water partition coefficient (Wildman–Crippen LogP) is 3.20. The molecule has 0 heterocycles. The van der Waals surface area contributed by atoms with Crippen molar-refractivity contribution < 1.29 is 13.6 Å². The summed E-state index contributed by atoms with van der Waals surface area (Å²) >= 11 is 0. The molecule has 1 amide bonds. The average molecular weight is 274 g/mol. The third-order valence-corrected chi connectivity index (χ3v) is 2.57. The summed E-state index contributed by atoms with van der Waals surface area (Å²) in [5, 5.41) is 2.47. The minimum absolute atomic E-state index is 0.207. The van der Waals surface area contributed by atoms with Gasteiger partial charge in [0.05, 0.1) is 11.4 Å². The maximum atomic E-state index is 13.0. The van der Waals surface area contributed by atoms with Crippen LogP contribution in [0, 0.1) is 11.6 Å². The van der Waals surface area contributed by atoms with Crippen molar-refractivity contribution in [3.05, 3.63) is 65.7 Å². The summed E-state index contributed by atoms with van der Waals surface area (Å²) in [6.07, 6.45) is 2.78. The van der Waals surface area contributed by atoms with Crippen LogP contribution in [-0.4, -0.2) is 5.91 Å². The van der Waals surface area contributed by atoms with E-state index in [9.17, 15) is 13.6 Å². The summed E-state index contributed by atoms with van der Waals surface area (Å²) in [5.41, 5.74) is 6.77. The minimum atomic E-state index is -0.489. The van der Waals surface area contributed by atoms with E-state index in [4.69, 9.17) is 5.73 Å². The molecule has 3 nitrogen and oxygen atoms in total. The Hall–Kier alpha value is -2.69. The van der Waals surface area contributed by atoms with E-state index in [0.29, 0.717) is 5.56 Å². The molecule has 102 valence electrons. The zero-order chi connectivity index (χ0) is 14.5. The van der Waals surface area contributed by atoms with Crippen molar-refractivity contribution in [3.63, 3.8) is 0 Å². The zero-order valence-corrected chi connectivity index (χ0v) is 10.4. The van der Waals surface area contributed by atoms with Crippen LogP contribution in [0.5, 0.6) is 0 Å². The van der Waals surface area contributed by atoms with E-state index in [1.807, 2.05) is 0 Å². The van der Waals surface area contributed by atoms with Gasteiger partial charge in [0, 0.05) is 6.08 Å². The molecule has 0 aliphatic rings. The predicted molar refractivity (Wildman–Crippen MR) is 74.9 cm³/mol. The Kier molecular flexibility index (Phi) is 4.10. The summed E-state index contributed by atoms with van der Waals surface area (Å²) < 4.78 is 25.7. The zero-order valence-electron chi connectivity index (χ0n) is 10.4. The van der Waals surface area contributed by atoms with E-state index in [1.165, 1.54) is 48.6 Å². The second-order valence-electron chi connectivity index (χ2n) is 4.11. The molecule has 3 N–H and O–H groups in total. The fraction of sp³-hybridized carbons (Fsp3) is 0. The number of nitrogens with one attached hydrogen (secondary N) is 1. The van der Waals surface area contributed by atoms with Crippen molar-refractivity contribution in [2.24, 2.45) is 0 Å². The lowest BCUT2D eigenvalue weighted by Gasteiger charge is -2.05. The number of carbonyl (C=O) groups is 1. The molecule has 2 aromatic carbocycles. The van der Waals surface area contributed by atoms with Gasteiger partial charge in [-0.1, -0.05) is 12.1 Å². The largest absolute Gasteiger partial charge is 0.397 e. The second kappa shape index (κ2) is 5.97. The first-order chi connectivity index (χ1) is 9.54. The maximum Gasteiger partial charge on any atom is 0.248 e. The summed E-state index contributed by atoms with van der Waals surface area (Å²) in [6.45, 7) is 0. The van der Waals surface area contributed by atoms with Crippen LogP contribution < -0.4 is 11.1 Å². The molecule has 0 bridgehead atoms. The van der Waals surface area contributed by atoms with Crippen molar-refractivity contribution in [1.82, 2.24) is 0 Å². The first-order valence-corrected chi connectivity index (χ1v) is 5.84. The molecule has 0 aromatic heterocycles. The van der Waals surface area contributed by atoms with Crippen LogP contribution in [0.3, 0.4) is 0 Å². The van der Waals surface area contributed by atoms with Crippen molar-refractivity contribution in [2.45, 2.75) is 0 Å². The van der Waals surface area contributed by atoms with Gasteiger partial charge >= 0.3 is 0 Å². The maximum absolute atomic E-state index is 13.0. The lowest BCUT2D eigenvalue weighted by atomic mass is 10.2. The lowest BCUT2D eigenvalue weighted by Crippen LogP contribution is -2.09. The number of nitrogens with two attached hydrogens (primary N) is 1. The van der Waals surface area contributed by atoms with Crippen molar-refractivity contribution in [1.29, 1.82) is 0 Å². The quantitative estimate of drug-likeness (QED) is 0.667. The third kappa shape index (κ3) is 3.65. The highest BCUT2D eigenvalue weighted by atomic mass is 19.1. The number of nitrogen functional groups attached to an aromatic ring is 1. The van der Waals surface area contributed by atoms with Crippen LogP contribution >= 0.6 is 0 Å². The minimum Gasteiger partial charge on any atom is -0.397 e. The fourth-order valence-corrected chi connectivity index (χ4v) is 1.56. The molecule has 0 unspecified atom stereocenters. The molecule has 0 aliphatic carbocycles.